The van der Waals surface area contributed by atoms with Gasteiger partial charge >= 0.3 is 6.03 Å². The van der Waals surface area contributed by atoms with Crippen LogP contribution in [0.4, 0.5) is 16.2 Å². The number of amides is 2. The van der Waals surface area contributed by atoms with Gasteiger partial charge < -0.3 is 10.6 Å². The van der Waals surface area contributed by atoms with Gasteiger partial charge in [-0.15, -0.1) is 0 Å². The van der Waals surface area contributed by atoms with Gasteiger partial charge in [0, 0.05) is 29.6 Å². The Morgan fingerprint density at radius 2 is 1.86 bits per heavy atom. The molecule has 150 valence electrons. The van der Waals surface area contributed by atoms with Crippen molar-refractivity contribution < 1.29 is 13.2 Å². The molecule has 1 heterocycles. The van der Waals surface area contributed by atoms with Crippen molar-refractivity contribution in [1.82, 2.24) is 10.3 Å². The van der Waals surface area contributed by atoms with E-state index < -0.39 is 16.1 Å². The molecule has 0 fully saturated rings. The van der Waals surface area contributed by atoms with Gasteiger partial charge in [-0.25, -0.2) is 13.2 Å². The molecule has 2 amide bonds. The van der Waals surface area contributed by atoms with E-state index in [9.17, 15) is 13.2 Å². The van der Waals surface area contributed by atoms with Crippen LogP contribution >= 0.6 is 11.6 Å². The molecule has 0 aliphatic carbocycles. The molecule has 7 nitrogen and oxygen atoms in total. The second-order valence-corrected chi connectivity index (χ2v) is 8.38. The lowest BCUT2D eigenvalue weighted by Gasteiger charge is -2.12. The lowest BCUT2D eigenvalue weighted by atomic mass is 10.2. The van der Waals surface area contributed by atoms with Gasteiger partial charge in [-0.05, 0) is 60.5 Å². The van der Waals surface area contributed by atoms with Crippen LogP contribution in [0.5, 0.6) is 0 Å². The van der Waals surface area contributed by atoms with E-state index >= 15 is 0 Å². The van der Waals surface area contributed by atoms with Crippen LogP contribution in [0, 0.1) is 6.92 Å². The number of benzene rings is 2. The van der Waals surface area contributed by atoms with Gasteiger partial charge in [0.2, 0.25) is 0 Å². The van der Waals surface area contributed by atoms with Crippen molar-refractivity contribution in [2.24, 2.45) is 0 Å². The number of carbonyl (C=O) groups excluding carboxylic acids is 1. The lowest BCUT2D eigenvalue weighted by molar-refractivity contribution is 0.251. The van der Waals surface area contributed by atoms with Crippen molar-refractivity contribution in [1.29, 1.82) is 0 Å². The summed E-state index contributed by atoms with van der Waals surface area (Å²) in [5.41, 5.74) is 2.49. The highest BCUT2D eigenvalue weighted by molar-refractivity contribution is 7.92. The minimum atomic E-state index is -3.79. The third-order valence-electron chi connectivity index (χ3n) is 4.04. The van der Waals surface area contributed by atoms with E-state index in [1.54, 1.807) is 43.6 Å². The zero-order valence-electron chi connectivity index (χ0n) is 15.5. The largest absolute Gasteiger partial charge is 0.334 e. The zero-order valence-corrected chi connectivity index (χ0v) is 17.1. The highest BCUT2D eigenvalue weighted by Crippen LogP contribution is 2.24. The number of carbonyl (C=O) groups is 1. The molecular formula is C20H19ClN4O3S. The third kappa shape index (κ3) is 5.69. The summed E-state index contributed by atoms with van der Waals surface area (Å²) in [5.74, 6) is 0. The molecule has 9 heteroatoms. The molecule has 0 bridgehead atoms. The molecule has 0 unspecified atom stereocenters. The molecule has 1 aromatic heterocycles. The topological polar surface area (TPSA) is 100 Å². The number of aryl methyl sites for hydroxylation is 1. The Balaban J connectivity index is 1.63. The van der Waals surface area contributed by atoms with Crippen LogP contribution in [0.1, 0.15) is 11.1 Å². The smallest absolute Gasteiger partial charge is 0.319 e. The van der Waals surface area contributed by atoms with Gasteiger partial charge in [-0.1, -0.05) is 23.7 Å². The van der Waals surface area contributed by atoms with Crippen LogP contribution in [0.25, 0.3) is 0 Å². The monoisotopic (exact) mass is 430 g/mol. The van der Waals surface area contributed by atoms with Crippen LogP contribution in [-0.2, 0) is 16.6 Å². The number of nitrogens with zero attached hydrogens (tertiary/aromatic N) is 1. The first-order valence-corrected chi connectivity index (χ1v) is 10.5. The number of pyridine rings is 1. The Kier molecular flexibility index (Phi) is 6.36. The van der Waals surface area contributed by atoms with E-state index in [0.717, 1.165) is 11.1 Å². The van der Waals surface area contributed by atoms with E-state index in [1.165, 1.54) is 24.3 Å². The highest BCUT2D eigenvalue weighted by Gasteiger charge is 2.15. The van der Waals surface area contributed by atoms with Crippen LogP contribution in [0.15, 0.2) is 71.9 Å². The summed E-state index contributed by atoms with van der Waals surface area (Å²) < 4.78 is 27.7. The maximum Gasteiger partial charge on any atom is 0.319 e. The number of nitrogens with one attached hydrogen (secondary N) is 3. The molecular weight excluding hydrogens is 412 g/mol. The number of sulfonamides is 1. The van der Waals surface area contributed by atoms with E-state index in [4.69, 9.17) is 11.6 Å². The van der Waals surface area contributed by atoms with Crippen LogP contribution in [0.2, 0.25) is 5.02 Å². The van der Waals surface area contributed by atoms with Crippen LogP contribution < -0.4 is 15.4 Å². The third-order valence-corrected chi connectivity index (χ3v) is 5.66. The Labute approximate surface area is 174 Å². The highest BCUT2D eigenvalue weighted by atomic mass is 35.5. The summed E-state index contributed by atoms with van der Waals surface area (Å²) in [6, 6.07) is 14.1. The van der Waals surface area contributed by atoms with Gasteiger partial charge in [0.15, 0.2) is 0 Å². The molecule has 29 heavy (non-hydrogen) atoms. The molecule has 3 rings (SSSR count). The van der Waals surface area contributed by atoms with E-state index in [0.29, 0.717) is 22.9 Å². The Morgan fingerprint density at radius 3 is 2.55 bits per heavy atom. The average molecular weight is 431 g/mol. The summed E-state index contributed by atoms with van der Waals surface area (Å²) >= 11 is 5.94. The molecule has 0 radical (unpaired) electrons. The van der Waals surface area contributed by atoms with Gasteiger partial charge in [0.1, 0.15) is 0 Å². The normalized spacial score (nSPS) is 11.0. The SMILES string of the molecule is Cc1ccc(Cl)cc1NS(=O)(=O)c1ccc(NC(=O)NCc2cccnc2)cc1. The maximum atomic E-state index is 12.6. The fourth-order valence-electron chi connectivity index (χ4n) is 2.49. The molecule has 0 spiro atoms. The molecule has 0 aliphatic heterocycles. The minimum absolute atomic E-state index is 0.0678. The second-order valence-electron chi connectivity index (χ2n) is 6.26. The predicted molar refractivity (Wildman–Crippen MR) is 114 cm³/mol. The molecule has 0 aliphatic rings. The minimum Gasteiger partial charge on any atom is -0.334 e. The first kappa shape index (κ1) is 20.6. The summed E-state index contributed by atoms with van der Waals surface area (Å²) in [4.78, 5) is 16.0. The lowest BCUT2D eigenvalue weighted by Crippen LogP contribution is -2.28. The van der Waals surface area contributed by atoms with E-state index in [1.807, 2.05) is 6.07 Å². The number of urea groups is 1. The quantitative estimate of drug-likeness (QED) is 0.546. The Morgan fingerprint density at radius 1 is 1.10 bits per heavy atom. The Bertz CT molecular complexity index is 1100. The van der Waals surface area contributed by atoms with Crippen molar-refractivity contribution in [3.8, 4) is 0 Å². The van der Waals surface area contributed by atoms with Gasteiger partial charge in [0.25, 0.3) is 10.0 Å². The Hall–Kier alpha value is -3.10. The van der Waals surface area contributed by atoms with Crippen molar-refractivity contribution in [2.45, 2.75) is 18.4 Å². The van der Waals surface area contributed by atoms with Crippen molar-refractivity contribution in [2.75, 3.05) is 10.0 Å². The summed E-state index contributed by atoms with van der Waals surface area (Å²) in [5, 5.41) is 5.79. The summed E-state index contributed by atoms with van der Waals surface area (Å²) in [6.45, 7) is 2.11. The first-order valence-electron chi connectivity index (χ1n) is 8.66. The average Bonchev–Trinajstić information content (AvgIpc) is 2.70. The number of anilines is 2. The summed E-state index contributed by atoms with van der Waals surface area (Å²) in [7, 11) is -3.79. The fourth-order valence-corrected chi connectivity index (χ4v) is 3.78. The molecule has 0 atom stereocenters. The van der Waals surface area contributed by atoms with Gasteiger partial charge in [-0.3, -0.25) is 9.71 Å². The van der Waals surface area contributed by atoms with E-state index in [2.05, 4.69) is 20.3 Å². The van der Waals surface area contributed by atoms with Gasteiger partial charge in [0.05, 0.1) is 10.6 Å². The predicted octanol–water partition coefficient (Wildman–Crippen LogP) is 4.17. The molecule has 0 saturated carbocycles. The standard InChI is InChI=1S/C20H19ClN4O3S/c1-14-4-5-16(21)11-19(14)25-29(27,28)18-8-6-17(7-9-18)24-20(26)23-13-15-3-2-10-22-12-15/h2-12,25H,13H2,1H3,(H2,23,24,26). The number of aromatic nitrogens is 1. The van der Waals surface area contributed by atoms with Crippen molar-refractivity contribution in [3.63, 3.8) is 0 Å². The maximum absolute atomic E-state index is 12.6. The van der Waals surface area contributed by atoms with E-state index in [-0.39, 0.29) is 4.90 Å². The van der Waals surface area contributed by atoms with Gasteiger partial charge in [-0.2, -0.15) is 0 Å². The number of halogens is 1. The molecule has 3 N–H and O–H groups in total. The molecule has 3 aromatic rings. The second kappa shape index (κ2) is 8.93. The number of hydrogen-bond acceptors (Lipinski definition) is 4. The fraction of sp³-hybridized carbons (Fsp3) is 0.100. The molecule has 2 aromatic carbocycles. The number of hydrogen-bond donors (Lipinski definition) is 3. The van der Waals surface area contributed by atoms with Crippen LogP contribution in [0.3, 0.4) is 0 Å². The number of rotatable bonds is 6. The van der Waals surface area contributed by atoms with Crippen molar-refractivity contribution in [3.05, 3.63) is 83.1 Å². The molecule has 0 saturated heterocycles. The first-order chi connectivity index (χ1) is 13.8. The van der Waals surface area contributed by atoms with Crippen LogP contribution in [-0.4, -0.2) is 19.4 Å². The van der Waals surface area contributed by atoms with Crippen molar-refractivity contribution >= 4 is 39.0 Å². The summed E-state index contributed by atoms with van der Waals surface area (Å²) in [6.07, 6.45) is 3.32. The zero-order chi connectivity index (χ0) is 20.9.